The van der Waals surface area contributed by atoms with Gasteiger partial charge >= 0.3 is 6.03 Å². The number of ether oxygens (including phenoxy) is 1. The molecule has 3 N–H and O–H groups in total. The molecule has 4 aromatic rings. The first-order chi connectivity index (χ1) is 18.9. The van der Waals surface area contributed by atoms with E-state index in [1.54, 1.807) is 54.6 Å². The molecule has 0 radical (unpaired) electrons. The van der Waals surface area contributed by atoms with Crippen molar-refractivity contribution in [3.8, 4) is 22.8 Å². The maximum atomic E-state index is 14.0. The van der Waals surface area contributed by atoms with Crippen LogP contribution in [-0.4, -0.2) is 33.9 Å². The van der Waals surface area contributed by atoms with Crippen molar-refractivity contribution < 1.29 is 23.8 Å². The standard InChI is InChI=1S/C30H29FN4O4/c1-39-28-13-7-5-11-23(28)29(37)33-21-14-15-22(27(36)16-21)25-17-26(19-8-2-3-9-19)35(34-25)30(38)32-18-20-10-4-6-12-24(20)31/h4-7,10-17,19,36H,2-3,8-9,18H2,1H3,(H,32,38)(H,33,37). The van der Waals surface area contributed by atoms with Crippen LogP contribution < -0.4 is 15.4 Å². The summed E-state index contributed by atoms with van der Waals surface area (Å²) in [5, 5.41) is 20.9. The van der Waals surface area contributed by atoms with Gasteiger partial charge in [-0.3, -0.25) is 4.79 Å². The number of amides is 2. The molecule has 0 unspecified atom stereocenters. The zero-order chi connectivity index (χ0) is 27.4. The summed E-state index contributed by atoms with van der Waals surface area (Å²) in [6, 6.07) is 19.2. The van der Waals surface area contributed by atoms with Crippen LogP contribution >= 0.6 is 0 Å². The number of hydrogen-bond donors (Lipinski definition) is 3. The van der Waals surface area contributed by atoms with Crippen LogP contribution in [0.5, 0.6) is 11.5 Å². The number of rotatable bonds is 7. The summed E-state index contributed by atoms with van der Waals surface area (Å²) in [5.74, 6) is -0.264. The molecule has 1 aromatic heterocycles. The molecule has 5 rings (SSSR count). The number of halogens is 1. The predicted molar refractivity (Wildman–Crippen MR) is 146 cm³/mol. The number of carbonyl (C=O) groups is 2. The molecule has 200 valence electrons. The number of carbonyl (C=O) groups excluding carboxylic acids is 2. The van der Waals surface area contributed by atoms with E-state index in [9.17, 15) is 19.1 Å². The average molecular weight is 529 g/mol. The smallest absolute Gasteiger partial charge is 0.342 e. The van der Waals surface area contributed by atoms with Crippen LogP contribution in [0.1, 0.15) is 53.2 Å². The molecule has 1 aliphatic rings. The number of hydrogen-bond acceptors (Lipinski definition) is 5. The van der Waals surface area contributed by atoms with Crippen LogP contribution in [0.15, 0.2) is 72.8 Å². The van der Waals surface area contributed by atoms with Gasteiger partial charge in [0.25, 0.3) is 5.91 Å². The lowest BCUT2D eigenvalue weighted by Gasteiger charge is -2.12. The zero-order valence-electron chi connectivity index (χ0n) is 21.5. The van der Waals surface area contributed by atoms with Crippen LogP contribution in [0.25, 0.3) is 11.3 Å². The number of anilines is 1. The fourth-order valence-electron chi connectivity index (χ4n) is 4.95. The Balaban J connectivity index is 1.39. The van der Waals surface area contributed by atoms with Gasteiger partial charge in [0.15, 0.2) is 0 Å². The first-order valence-electron chi connectivity index (χ1n) is 12.8. The molecule has 1 heterocycles. The van der Waals surface area contributed by atoms with E-state index in [1.165, 1.54) is 23.9 Å². The van der Waals surface area contributed by atoms with Gasteiger partial charge in [-0.25, -0.2) is 9.18 Å². The van der Waals surface area contributed by atoms with Gasteiger partial charge in [-0.05, 0) is 49.2 Å². The third kappa shape index (κ3) is 5.62. The molecular weight excluding hydrogens is 499 g/mol. The molecule has 0 saturated heterocycles. The Morgan fingerprint density at radius 2 is 1.79 bits per heavy atom. The monoisotopic (exact) mass is 528 g/mol. The Morgan fingerprint density at radius 3 is 2.54 bits per heavy atom. The third-order valence-corrected chi connectivity index (χ3v) is 6.97. The van der Waals surface area contributed by atoms with Crippen molar-refractivity contribution in [1.82, 2.24) is 15.1 Å². The van der Waals surface area contributed by atoms with Crippen molar-refractivity contribution in [2.75, 3.05) is 12.4 Å². The van der Waals surface area contributed by atoms with E-state index in [4.69, 9.17) is 4.74 Å². The van der Waals surface area contributed by atoms with Crippen LogP contribution in [0, 0.1) is 5.82 Å². The Hall–Kier alpha value is -4.66. The van der Waals surface area contributed by atoms with Crippen LogP contribution in [0.4, 0.5) is 14.9 Å². The highest BCUT2D eigenvalue weighted by molar-refractivity contribution is 6.06. The molecule has 0 bridgehead atoms. The number of phenols is 1. The largest absolute Gasteiger partial charge is 0.507 e. The summed E-state index contributed by atoms with van der Waals surface area (Å²) in [4.78, 5) is 25.9. The average Bonchev–Trinajstić information content (AvgIpc) is 3.63. The lowest BCUT2D eigenvalue weighted by molar-refractivity contribution is 0.102. The molecule has 9 heteroatoms. The minimum absolute atomic E-state index is 0.0245. The Labute approximate surface area is 225 Å². The number of para-hydroxylation sites is 1. The Morgan fingerprint density at radius 1 is 1.05 bits per heavy atom. The van der Waals surface area contributed by atoms with Gasteiger partial charge < -0.3 is 20.5 Å². The second-order valence-corrected chi connectivity index (χ2v) is 9.48. The highest BCUT2D eigenvalue weighted by Gasteiger charge is 2.26. The van der Waals surface area contributed by atoms with Crippen molar-refractivity contribution in [2.45, 2.75) is 38.1 Å². The highest BCUT2D eigenvalue weighted by Crippen LogP contribution is 2.38. The second kappa shape index (κ2) is 11.4. The summed E-state index contributed by atoms with van der Waals surface area (Å²) in [6.07, 6.45) is 4.00. The number of aromatic hydroxyl groups is 1. The van der Waals surface area contributed by atoms with Gasteiger partial charge in [0.05, 0.1) is 24.1 Å². The summed E-state index contributed by atoms with van der Waals surface area (Å²) in [6.45, 7) is 0.0245. The van der Waals surface area contributed by atoms with E-state index in [2.05, 4.69) is 15.7 Å². The van der Waals surface area contributed by atoms with E-state index >= 15 is 0 Å². The molecule has 8 nitrogen and oxygen atoms in total. The minimum Gasteiger partial charge on any atom is -0.507 e. The van der Waals surface area contributed by atoms with Crippen LogP contribution in [0.2, 0.25) is 0 Å². The first kappa shape index (κ1) is 26.0. The molecule has 0 atom stereocenters. The van der Waals surface area contributed by atoms with Crippen LogP contribution in [-0.2, 0) is 6.54 Å². The van der Waals surface area contributed by atoms with Gasteiger partial charge in [-0.1, -0.05) is 43.2 Å². The molecule has 39 heavy (non-hydrogen) atoms. The van der Waals surface area contributed by atoms with E-state index in [-0.39, 0.29) is 24.1 Å². The summed E-state index contributed by atoms with van der Waals surface area (Å²) >= 11 is 0. The maximum absolute atomic E-state index is 14.0. The topological polar surface area (TPSA) is 105 Å². The lowest BCUT2D eigenvalue weighted by atomic mass is 10.0. The van der Waals surface area contributed by atoms with Crippen molar-refractivity contribution in [1.29, 1.82) is 0 Å². The Kier molecular flexibility index (Phi) is 7.58. The van der Waals surface area contributed by atoms with Crippen molar-refractivity contribution in [3.05, 3.63) is 95.4 Å². The predicted octanol–water partition coefficient (Wildman–Crippen LogP) is 6.07. The van der Waals surface area contributed by atoms with Crippen molar-refractivity contribution >= 4 is 17.6 Å². The Bertz CT molecular complexity index is 1510. The molecule has 1 aliphatic carbocycles. The molecule has 0 spiro atoms. The minimum atomic E-state index is -0.466. The number of methoxy groups -OCH3 is 1. The van der Waals surface area contributed by atoms with Gasteiger partial charge in [0.2, 0.25) is 0 Å². The first-order valence-corrected chi connectivity index (χ1v) is 12.8. The third-order valence-electron chi connectivity index (χ3n) is 6.97. The lowest BCUT2D eigenvalue weighted by Crippen LogP contribution is -2.31. The number of nitrogens with zero attached hydrogens (tertiary/aromatic N) is 2. The summed E-state index contributed by atoms with van der Waals surface area (Å²) < 4.78 is 20.6. The number of aromatic nitrogens is 2. The van der Waals surface area contributed by atoms with E-state index in [1.807, 2.05) is 6.07 Å². The van der Waals surface area contributed by atoms with Crippen LogP contribution in [0.3, 0.4) is 0 Å². The molecule has 0 aliphatic heterocycles. The van der Waals surface area contributed by atoms with Gasteiger partial charge in [-0.2, -0.15) is 9.78 Å². The van der Waals surface area contributed by atoms with Crippen molar-refractivity contribution in [2.24, 2.45) is 0 Å². The second-order valence-electron chi connectivity index (χ2n) is 9.48. The number of benzene rings is 3. The van der Waals surface area contributed by atoms with Gasteiger partial charge in [-0.15, -0.1) is 0 Å². The quantitative estimate of drug-likeness (QED) is 0.270. The molecular formula is C30H29FN4O4. The zero-order valence-corrected chi connectivity index (χ0v) is 21.5. The maximum Gasteiger partial charge on any atom is 0.342 e. The molecule has 1 saturated carbocycles. The van der Waals surface area contributed by atoms with Crippen molar-refractivity contribution in [3.63, 3.8) is 0 Å². The highest BCUT2D eigenvalue weighted by atomic mass is 19.1. The van der Waals surface area contributed by atoms with E-state index in [0.717, 1.165) is 31.4 Å². The SMILES string of the molecule is COc1ccccc1C(=O)Nc1ccc(-c2cc(C3CCCC3)n(C(=O)NCc3ccccc3F)n2)c(O)c1. The van der Waals surface area contributed by atoms with Gasteiger partial charge in [0, 0.05) is 35.3 Å². The van der Waals surface area contributed by atoms with E-state index < -0.39 is 11.8 Å². The van der Waals surface area contributed by atoms with Gasteiger partial charge in [0.1, 0.15) is 17.3 Å². The summed E-state index contributed by atoms with van der Waals surface area (Å²) in [5.41, 5.74) is 2.74. The number of nitrogens with one attached hydrogen (secondary N) is 2. The molecule has 2 amide bonds. The molecule has 1 fully saturated rings. The number of phenolic OH excluding ortho intramolecular Hbond substituents is 1. The normalized spacial score (nSPS) is 13.3. The fraction of sp³-hybridized carbons (Fsp3) is 0.233. The van der Waals surface area contributed by atoms with E-state index in [0.29, 0.717) is 33.8 Å². The molecule has 3 aromatic carbocycles. The fourth-order valence-corrected chi connectivity index (χ4v) is 4.95. The summed E-state index contributed by atoms with van der Waals surface area (Å²) in [7, 11) is 1.49.